The lowest BCUT2D eigenvalue weighted by Gasteiger charge is -2.34. The van der Waals surface area contributed by atoms with E-state index in [-0.39, 0.29) is 5.91 Å². The first kappa shape index (κ1) is 14.3. The quantitative estimate of drug-likeness (QED) is 0.911. The fraction of sp³-hybridized carbons (Fsp3) is 0.429. The highest BCUT2D eigenvalue weighted by atomic mass is 16.5. The molecule has 3 rings (SSSR count). The van der Waals surface area contributed by atoms with E-state index in [4.69, 9.17) is 4.52 Å². The molecule has 1 aliphatic rings. The fourth-order valence-corrected chi connectivity index (χ4v) is 2.40. The summed E-state index contributed by atoms with van der Waals surface area (Å²) in [7, 11) is 0. The minimum Gasteiger partial charge on any atom is -0.360 e. The molecule has 8 nitrogen and oxygen atoms in total. The zero-order valence-corrected chi connectivity index (χ0v) is 12.6. The topological polar surface area (TPSA) is 87.4 Å². The van der Waals surface area contributed by atoms with E-state index < -0.39 is 0 Å². The number of carbonyl (C=O) groups excluding carboxylic acids is 1. The number of piperazine rings is 1. The average molecular weight is 302 g/mol. The lowest BCUT2D eigenvalue weighted by molar-refractivity contribution is -0.129. The SMILES string of the molecule is CC(=O)N1CCN(c2cc(Nc3cc(C)on3)ncn2)CC1. The van der Waals surface area contributed by atoms with Crippen molar-refractivity contribution in [3.8, 4) is 0 Å². The van der Waals surface area contributed by atoms with Crippen LogP contribution in [0, 0.1) is 6.92 Å². The molecule has 0 spiro atoms. The second-order valence-electron chi connectivity index (χ2n) is 5.20. The zero-order chi connectivity index (χ0) is 15.5. The summed E-state index contributed by atoms with van der Waals surface area (Å²) >= 11 is 0. The molecule has 22 heavy (non-hydrogen) atoms. The van der Waals surface area contributed by atoms with Crippen molar-refractivity contribution in [2.75, 3.05) is 36.4 Å². The number of aryl methyl sites for hydroxylation is 1. The first-order valence-corrected chi connectivity index (χ1v) is 7.14. The van der Waals surface area contributed by atoms with Crippen LogP contribution in [0.4, 0.5) is 17.5 Å². The minimum atomic E-state index is 0.117. The lowest BCUT2D eigenvalue weighted by atomic mass is 10.3. The molecule has 1 saturated heterocycles. The van der Waals surface area contributed by atoms with Gasteiger partial charge in [-0.25, -0.2) is 9.97 Å². The third-order valence-electron chi connectivity index (χ3n) is 3.59. The van der Waals surface area contributed by atoms with Gasteiger partial charge in [0, 0.05) is 45.2 Å². The van der Waals surface area contributed by atoms with Crippen molar-refractivity contribution >= 4 is 23.4 Å². The fourth-order valence-electron chi connectivity index (χ4n) is 2.40. The number of carbonyl (C=O) groups is 1. The maximum absolute atomic E-state index is 11.4. The van der Waals surface area contributed by atoms with Crippen LogP contribution in [0.5, 0.6) is 0 Å². The molecule has 3 heterocycles. The Labute approximate surface area is 128 Å². The standard InChI is InChI=1S/C14H18N6O2/c1-10-7-13(18-22-10)17-12-8-14(16-9-15-12)20-5-3-19(4-6-20)11(2)21/h7-9H,3-6H2,1-2H3,(H,15,16,17,18). The van der Waals surface area contributed by atoms with E-state index in [1.165, 1.54) is 6.33 Å². The summed E-state index contributed by atoms with van der Waals surface area (Å²) in [6.45, 7) is 6.38. The molecule has 0 unspecified atom stereocenters. The summed E-state index contributed by atoms with van der Waals surface area (Å²) < 4.78 is 5.01. The largest absolute Gasteiger partial charge is 0.360 e. The predicted octanol–water partition coefficient (Wildman–Crippen LogP) is 1.19. The van der Waals surface area contributed by atoms with Crippen molar-refractivity contribution in [1.82, 2.24) is 20.0 Å². The molecule has 8 heteroatoms. The second kappa shape index (κ2) is 6.00. The van der Waals surface area contributed by atoms with Gasteiger partial charge in [0.15, 0.2) is 5.82 Å². The molecule has 2 aromatic rings. The summed E-state index contributed by atoms with van der Waals surface area (Å²) in [6, 6.07) is 3.67. The number of amides is 1. The van der Waals surface area contributed by atoms with Gasteiger partial charge in [-0.15, -0.1) is 0 Å². The van der Waals surface area contributed by atoms with Gasteiger partial charge in [-0.1, -0.05) is 5.16 Å². The number of nitrogens with one attached hydrogen (secondary N) is 1. The van der Waals surface area contributed by atoms with Gasteiger partial charge in [0.05, 0.1) is 0 Å². The molecule has 0 radical (unpaired) electrons. The average Bonchev–Trinajstić information content (AvgIpc) is 2.93. The smallest absolute Gasteiger partial charge is 0.219 e. The van der Waals surface area contributed by atoms with Crippen molar-refractivity contribution in [3.63, 3.8) is 0 Å². The first-order chi connectivity index (χ1) is 10.6. The van der Waals surface area contributed by atoms with E-state index in [2.05, 4.69) is 25.3 Å². The molecular formula is C14H18N6O2. The predicted molar refractivity (Wildman–Crippen MR) is 81.0 cm³/mol. The Morgan fingerprint density at radius 2 is 1.95 bits per heavy atom. The number of rotatable bonds is 3. The van der Waals surface area contributed by atoms with Crippen LogP contribution in [0.1, 0.15) is 12.7 Å². The van der Waals surface area contributed by atoms with Crippen molar-refractivity contribution in [3.05, 3.63) is 24.2 Å². The maximum atomic E-state index is 11.4. The second-order valence-corrected chi connectivity index (χ2v) is 5.20. The van der Waals surface area contributed by atoms with Gasteiger partial charge < -0.3 is 19.6 Å². The van der Waals surface area contributed by atoms with E-state index in [1.807, 2.05) is 17.9 Å². The Morgan fingerprint density at radius 3 is 2.59 bits per heavy atom. The van der Waals surface area contributed by atoms with Crippen LogP contribution >= 0.6 is 0 Å². The monoisotopic (exact) mass is 302 g/mol. The molecule has 1 aliphatic heterocycles. The van der Waals surface area contributed by atoms with Gasteiger partial charge in [-0.2, -0.15) is 0 Å². The van der Waals surface area contributed by atoms with Gasteiger partial charge in [-0.3, -0.25) is 4.79 Å². The van der Waals surface area contributed by atoms with Gasteiger partial charge in [0.25, 0.3) is 0 Å². The van der Waals surface area contributed by atoms with Gasteiger partial charge in [0.2, 0.25) is 5.91 Å². The number of nitrogens with zero attached hydrogens (tertiary/aromatic N) is 5. The molecule has 1 fully saturated rings. The highest BCUT2D eigenvalue weighted by molar-refractivity contribution is 5.73. The van der Waals surface area contributed by atoms with Gasteiger partial charge >= 0.3 is 0 Å². The van der Waals surface area contributed by atoms with Gasteiger partial charge in [-0.05, 0) is 6.92 Å². The van der Waals surface area contributed by atoms with E-state index in [0.717, 1.165) is 24.7 Å². The lowest BCUT2D eigenvalue weighted by Crippen LogP contribution is -2.48. The Balaban J connectivity index is 1.68. The van der Waals surface area contributed by atoms with Crippen LogP contribution in [0.25, 0.3) is 0 Å². The molecule has 0 bridgehead atoms. The number of aromatic nitrogens is 3. The van der Waals surface area contributed by atoms with Gasteiger partial charge in [0.1, 0.15) is 23.7 Å². The molecule has 0 atom stereocenters. The molecule has 1 amide bonds. The number of hydrogen-bond donors (Lipinski definition) is 1. The summed E-state index contributed by atoms with van der Waals surface area (Å²) in [5.41, 5.74) is 0. The van der Waals surface area contributed by atoms with Crippen LogP contribution in [0.2, 0.25) is 0 Å². The van der Waals surface area contributed by atoms with Crippen molar-refractivity contribution < 1.29 is 9.32 Å². The highest BCUT2D eigenvalue weighted by Crippen LogP contribution is 2.19. The van der Waals surface area contributed by atoms with Crippen LogP contribution in [0.3, 0.4) is 0 Å². The Bertz CT molecular complexity index is 663. The minimum absolute atomic E-state index is 0.117. The maximum Gasteiger partial charge on any atom is 0.219 e. The van der Waals surface area contributed by atoms with E-state index in [0.29, 0.717) is 24.7 Å². The Kier molecular flexibility index (Phi) is 3.90. The molecule has 1 N–H and O–H groups in total. The summed E-state index contributed by atoms with van der Waals surface area (Å²) in [6.07, 6.45) is 1.52. The van der Waals surface area contributed by atoms with Crippen LogP contribution in [-0.4, -0.2) is 52.1 Å². The molecule has 116 valence electrons. The van der Waals surface area contributed by atoms with E-state index in [9.17, 15) is 4.79 Å². The normalized spacial score (nSPS) is 15.0. The van der Waals surface area contributed by atoms with Crippen molar-refractivity contribution in [2.45, 2.75) is 13.8 Å². The zero-order valence-electron chi connectivity index (χ0n) is 12.6. The van der Waals surface area contributed by atoms with Crippen LogP contribution < -0.4 is 10.2 Å². The molecule has 0 aromatic carbocycles. The summed E-state index contributed by atoms with van der Waals surface area (Å²) in [5.74, 6) is 2.96. The van der Waals surface area contributed by atoms with Crippen LogP contribution in [0.15, 0.2) is 23.0 Å². The number of anilines is 3. The number of hydrogen-bond acceptors (Lipinski definition) is 7. The molecular weight excluding hydrogens is 284 g/mol. The molecule has 0 saturated carbocycles. The van der Waals surface area contributed by atoms with Crippen LogP contribution in [-0.2, 0) is 4.79 Å². The molecule has 2 aromatic heterocycles. The van der Waals surface area contributed by atoms with Crippen molar-refractivity contribution in [1.29, 1.82) is 0 Å². The van der Waals surface area contributed by atoms with E-state index >= 15 is 0 Å². The third-order valence-corrected chi connectivity index (χ3v) is 3.59. The first-order valence-electron chi connectivity index (χ1n) is 7.14. The molecule has 0 aliphatic carbocycles. The third kappa shape index (κ3) is 3.16. The Hall–Kier alpha value is -2.64. The highest BCUT2D eigenvalue weighted by Gasteiger charge is 2.19. The Morgan fingerprint density at radius 1 is 1.18 bits per heavy atom. The van der Waals surface area contributed by atoms with Crippen molar-refractivity contribution in [2.24, 2.45) is 0 Å². The van der Waals surface area contributed by atoms with E-state index in [1.54, 1.807) is 13.0 Å². The summed E-state index contributed by atoms with van der Waals surface area (Å²) in [4.78, 5) is 23.8. The summed E-state index contributed by atoms with van der Waals surface area (Å²) in [5, 5.41) is 6.96.